The molecule has 12 unspecified atom stereocenters. The Bertz CT molecular complexity index is 1210. The van der Waals surface area contributed by atoms with Crippen LogP contribution in [0, 0.1) is 11.8 Å². The average Bonchev–Trinajstić information content (AvgIpc) is 3.22. The highest BCUT2D eigenvalue weighted by atomic mass is 16.8. The molecular formula is C48H86O16. The van der Waals surface area contributed by atoms with Crippen molar-refractivity contribution in [2.24, 2.45) is 11.8 Å². The van der Waals surface area contributed by atoms with Crippen LogP contribution in [0.3, 0.4) is 0 Å². The predicted molar refractivity (Wildman–Crippen MR) is 241 cm³/mol. The molecule has 16 heteroatoms. The molecule has 0 saturated carbocycles. The largest absolute Gasteiger partial charge is 0.432 e. The monoisotopic (exact) mass is 919 g/mol. The number of carbonyl (C=O) groups is 2. The molecule has 374 valence electrons. The minimum atomic E-state index is -0.958. The highest BCUT2D eigenvalue weighted by Crippen LogP contribution is 2.17. The SMILES string of the molecule is CCCCC(CC)COCCOC(C)OC(C)OC(C)OC(C)OC(C)OC(=O)c1ccc(C(=O)OC(C)OC(C)OC(C)OC(C)OC(C)OCCOCC(CC)CCCC)cc1. The minimum absolute atomic E-state index is 0.204. The molecule has 0 spiro atoms. The maximum atomic E-state index is 12.8. The van der Waals surface area contributed by atoms with Gasteiger partial charge in [-0.05, 0) is 118 Å². The van der Waals surface area contributed by atoms with Gasteiger partial charge in [-0.3, -0.25) is 0 Å². The van der Waals surface area contributed by atoms with Gasteiger partial charge in [0.05, 0.1) is 37.6 Å². The van der Waals surface area contributed by atoms with Crippen molar-refractivity contribution in [2.75, 3.05) is 39.6 Å². The van der Waals surface area contributed by atoms with Gasteiger partial charge in [-0.25, -0.2) is 9.59 Å². The Balaban J connectivity index is 2.35. The van der Waals surface area contributed by atoms with Gasteiger partial charge in [-0.15, -0.1) is 0 Å². The number of ether oxygens (including phenoxy) is 14. The van der Waals surface area contributed by atoms with Crippen molar-refractivity contribution in [2.45, 2.75) is 211 Å². The number of esters is 2. The average molecular weight is 919 g/mol. The molecule has 16 nitrogen and oxygen atoms in total. The maximum absolute atomic E-state index is 12.8. The van der Waals surface area contributed by atoms with Gasteiger partial charge in [0, 0.05) is 13.2 Å². The van der Waals surface area contributed by atoms with Crippen LogP contribution in [0.5, 0.6) is 0 Å². The van der Waals surface area contributed by atoms with Gasteiger partial charge in [0.1, 0.15) is 0 Å². The van der Waals surface area contributed by atoms with Crippen LogP contribution in [0.1, 0.15) is 169 Å². The van der Waals surface area contributed by atoms with Crippen LogP contribution in [-0.4, -0.2) is 114 Å². The molecule has 12 atom stereocenters. The number of carbonyl (C=O) groups excluding carboxylic acids is 2. The van der Waals surface area contributed by atoms with Crippen molar-refractivity contribution >= 4 is 11.9 Å². The second-order valence-electron chi connectivity index (χ2n) is 15.9. The summed E-state index contributed by atoms with van der Waals surface area (Å²) < 4.78 is 79.7. The summed E-state index contributed by atoms with van der Waals surface area (Å²) in [5.74, 6) is -0.155. The molecule has 0 saturated heterocycles. The first-order chi connectivity index (χ1) is 30.5. The Kier molecular flexibility index (Phi) is 33.4. The molecule has 0 heterocycles. The maximum Gasteiger partial charge on any atom is 0.340 e. The van der Waals surface area contributed by atoms with Gasteiger partial charge in [0.15, 0.2) is 50.3 Å². The Morgan fingerprint density at radius 1 is 0.406 bits per heavy atom. The van der Waals surface area contributed by atoms with Crippen LogP contribution in [0.25, 0.3) is 0 Å². The second kappa shape index (κ2) is 35.8. The normalized spacial score (nSPS) is 17.6. The zero-order valence-corrected chi connectivity index (χ0v) is 41.7. The third-order valence-corrected chi connectivity index (χ3v) is 9.92. The first-order valence-corrected chi connectivity index (χ1v) is 23.6. The van der Waals surface area contributed by atoms with Crippen molar-refractivity contribution in [3.8, 4) is 0 Å². The number of hydrogen-bond donors (Lipinski definition) is 0. The van der Waals surface area contributed by atoms with Crippen LogP contribution < -0.4 is 0 Å². The number of hydrogen-bond acceptors (Lipinski definition) is 16. The van der Waals surface area contributed by atoms with Gasteiger partial charge in [0.25, 0.3) is 0 Å². The van der Waals surface area contributed by atoms with Crippen LogP contribution in [0.2, 0.25) is 0 Å². The molecule has 0 bridgehead atoms. The van der Waals surface area contributed by atoms with E-state index in [1.807, 2.05) is 0 Å². The summed E-state index contributed by atoms with van der Waals surface area (Å²) in [6.45, 7) is 29.0. The van der Waals surface area contributed by atoms with E-state index in [-0.39, 0.29) is 11.1 Å². The molecule has 0 N–H and O–H groups in total. The molecule has 0 aliphatic carbocycles. The van der Waals surface area contributed by atoms with Gasteiger partial charge >= 0.3 is 11.9 Å². The zero-order chi connectivity index (χ0) is 47.9. The summed E-state index contributed by atoms with van der Waals surface area (Å²) in [6.07, 6.45) is 2.23. The molecule has 1 aromatic rings. The van der Waals surface area contributed by atoms with E-state index in [4.69, 9.17) is 66.3 Å². The quantitative estimate of drug-likeness (QED) is 0.0347. The third kappa shape index (κ3) is 29.3. The molecule has 64 heavy (non-hydrogen) atoms. The van der Waals surface area contributed by atoms with E-state index < -0.39 is 74.8 Å². The summed E-state index contributed by atoms with van der Waals surface area (Å²) in [7, 11) is 0. The lowest BCUT2D eigenvalue weighted by Crippen LogP contribution is -2.32. The Morgan fingerprint density at radius 2 is 0.688 bits per heavy atom. The summed E-state index contributed by atoms with van der Waals surface area (Å²) in [5, 5.41) is 0. The third-order valence-electron chi connectivity index (χ3n) is 9.92. The molecule has 0 amide bonds. The van der Waals surface area contributed by atoms with Crippen molar-refractivity contribution in [1.29, 1.82) is 0 Å². The Hall–Kier alpha value is -2.32. The number of unbranched alkanes of at least 4 members (excludes halogenated alkanes) is 2. The van der Waals surface area contributed by atoms with Gasteiger partial charge in [-0.2, -0.15) is 0 Å². The van der Waals surface area contributed by atoms with Gasteiger partial charge in [-0.1, -0.05) is 66.2 Å². The van der Waals surface area contributed by atoms with Crippen molar-refractivity contribution in [1.82, 2.24) is 0 Å². The number of benzene rings is 1. The van der Waals surface area contributed by atoms with E-state index in [1.54, 1.807) is 69.2 Å². The van der Waals surface area contributed by atoms with Gasteiger partial charge in [0.2, 0.25) is 12.6 Å². The van der Waals surface area contributed by atoms with Crippen LogP contribution in [0.4, 0.5) is 0 Å². The summed E-state index contributed by atoms with van der Waals surface area (Å²) in [6, 6.07) is 5.81. The predicted octanol–water partition coefficient (Wildman–Crippen LogP) is 10.1. The second-order valence-corrected chi connectivity index (χ2v) is 15.9. The van der Waals surface area contributed by atoms with Crippen LogP contribution in [-0.2, 0) is 66.3 Å². The molecule has 1 rings (SSSR count). The molecule has 0 radical (unpaired) electrons. The van der Waals surface area contributed by atoms with Crippen LogP contribution in [0.15, 0.2) is 24.3 Å². The number of rotatable bonds is 40. The fourth-order valence-electron chi connectivity index (χ4n) is 6.51. The fourth-order valence-corrected chi connectivity index (χ4v) is 6.51. The van der Waals surface area contributed by atoms with E-state index in [2.05, 4.69) is 27.7 Å². The standard InChI is InChI=1S/C48H86O16/c1-15-19-21-43(17-3)31-51-27-29-53-33(5)55-35(7)57-37(9)59-39(11)61-41(13)63-47(49)45-23-25-46(26-24-45)48(50)64-42(14)62-40(12)60-38(10)58-36(8)56-34(6)54-30-28-52-32-44(18-4)22-20-16-2/h23-26,33-44H,15-22,27-32H2,1-14H3. The zero-order valence-electron chi connectivity index (χ0n) is 41.7. The summed E-state index contributed by atoms with van der Waals surface area (Å²) in [5.41, 5.74) is 0.407. The lowest BCUT2D eigenvalue weighted by atomic mass is 10.0. The van der Waals surface area contributed by atoms with Crippen molar-refractivity contribution < 1.29 is 75.9 Å². The van der Waals surface area contributed by atoms with Gasteiger partial charge < -0.3 is 66.3 Å². The first kappa shape index (κ1) is 59.7. The Labute approximate surface area is 385 Å². The van der Waals surface area contributed by atoms with E-state index >= 15 is 0 Å². The molecule has 0 aliphatic rings. The smallest absolute Gasteiger partial charge is 0.340 e. The lowest BCUT2D eigenvalue weighted by molar-refractivity contribution is -0.319. The van der Waals surface area contributed by atoms with E-state index in [0.29, 0.717) is 38.3 Å². The van der Waals surface area contributed by atoms with Crippen molar-refractivity contribution in [3.63, 3.8) is 0 Å². The van der Waals surface area contributed by atoms with Crippen LogP contribution >= 0.6 is 0 Å². The molecular weight excluding hydrogens is 833 g/mol. The molecule has 0 aromatic heterocycles. The molecule has 0 fully saturated rings. The minimum Gasteiger partial charge on any atom is -0.432 e. The molecule has 1 aromatic carbocycles. The summed E-state index contributed by atoms with van der Waals surface area (Å²) in [4.78, 5) is 25.6. The lowest BCUT2D eigenvalue weighted by Gasteiger charge is -2.26. The first-order valence-electron chi connectivity index (χ1n) is 23.6. The van der Waals surface area contributed by atoms with E-state index in [1.165, 1.54) is 62.8 Å². The van der Waals surface area contributed by atoms with Crippen molar-refractivity contribution in [3.05, 3.63) is 35.4 Å². The fraction of sp³-hybridized carbons (Fsp3) is 0.833. The highest BCUT2D eigenvalue weighted by Gasteiger charge is 2.22. The topological polar surface area (TPSA) is 163 Å². The Morgan fingerprint density at radius 3 is 0.969 bits per heavy atom. The van der Waals surface area contributed by atoms with E-state index in [9.17, 15) is 9.59 Å². The summed E-state index contributed by atoms with van der Waals surface area (Å²) >= 11 is 0. The molecule has 0 aliphatic heterocycles. The van der Waals surface area contributed by atoms with E-state index in [0.717, 1.165) is 26.1 Å². The highest BCUT2D eigenvalue weighted by molar-refractivity contribution is 5.93.